The molecule has 0 saturated carbocycles. The van der Waals surface area contributed by atoms with Gasteiger partial charge in [0.2, 0.25) is 0 Å². The Morgan fingerprint density at radius 2 is 2.00 bits per heavy atom. The Bertz CT molecular complexity index is 587. The summed E-state index contributed by atoms with van der Waals surface area (Å²) in [5.74, 6) is 0.354. The monoisotopic (exact) mass is 215 g/mol. The van der Waals surface area contributed by atoms with E-state index in [1.165, 1.54) is 11.8 Å². The highest BCUT2D eigenvalue weighted by Gasteiger charge is 2.06. The molecule has 0 unspecified atom stereocenters. The first-order chi connectivity index (χ1) is 7.58. The maximum absolute atomic E-state index is 11.0. The molecule has 0 fully saturated rings. The largest absolute Gasteiger partial charge is 0.385 e. The number of nitrogen functional groups attached to an aromatic ring is 1. The van der Waals surface area contributed by atoms with Crippen molar-refractivity contribution in [2.24, 2.45) is 0 Å². The standard InChI is InChI=1S/C12H13N3O/c1-7-3-4-9(8(2)5-7)10-6-14-12(16)15-11(10)13/h3-6H,1-2H3,(H3,13,14,15,16). The lowest BCUT2D eigenvalue weighted by Gasteiger charge is -2.08. The van der Waals surface area contributed by atoms with E-state index in [0.29, 0.717) is 5.82 Å². The van der Waals surface area contributed by atoms with Gasteiger partial charge in [-0.25, -0.2) is 9.78 Å². The van der Waals surface area contributed by atoms with Gasteiger partial charge < -0.3 is 5.73 Å². The van der Waals surface area contributed by atoms with Crippen LogP contribution in [0.5, 0.6) is 0 Å². The van der Waals surface area contributed by atoms with Gasteiger partial charge in [-0.1, -0.05) is 23.8 Å². The molecule has 0 aliphatic rings. The number of benzene rings is 1. The van der Waals surface area contributed by atoms with Crippen LogP contribution >= 0.6 is 0 Å². The topological polar surface area (TPSA) is 71.8 Å². The SMILES string of the molecule is Cc1ccc(-c2cnc(=O)[nH]c2N)c(C)c1. The maximum atomic E-state index is 11.0. The molecule has 0 radical (unpaired) electrons. The molecule has 4 heteroatoms. The van der Waals surface area contributed by atoms with Crippen molar-refractivity contribution in [2.75, 3.05) is 5.73 Å². The molecular formula is C12H13N3O. The molecule has 2 aromatic rings. The van der Waals surface area contributed by atoms with Crippen molar-refractivity contribution < 1.29 is 0 Å². The molecule has 0 bridgehead atoms. The summed E-state index contributed by atoms with van der Waals surface area (Å²) < 4.78 is 0. The minimum atomic E-state index is -0.425. The van der Waals surface area contributed by atoms with Crippen molar-refractivity contribution in [3.63, 3.8) is 0 Å². The van der Waals surface area contributed by atoms with E-state index in [2.05, 4.69) is 16.0 Å². The Morgan fingerprint density at radius 1 is 1.25 bits per heavy atom. The lowest BCUT2D eigenvalue weighted by Crippen LogP contribution is -2.12. The molecule has 0 amide bonds. The number of H-pyrrole nitrogens is 1. The van der Waals surface area contributed by atoms with Gasteiger partial charge in [0.05, 0.1) is 0 Å². The number of nitrogens with one attached hydrogen (secondary N) is 1. The van der Waals surface area contributed by atoms with Gasteiger partial charge in [0.25, 0.3) is 0 Å². The van der Waals surface area contributed by atoms with E-state index in [-0.39, 0.29) is 0 Å². The second kappa shape index (κ2) is 3.81. The average Bonchev–Trinajstić information content (AvgIpc) is 2.19. The summed E-state index contributed by atoms with van der Waals surface area (Å²) in [5.41, 5.74) is 9.40. The van der Waals surface area contributed by atoms with Crippen LogP contribution in [-0.2, 0) is 0 Å². The summed E-state index contributed by atoms with van der Waals surface area (Å²) in [6.07, 6.45) is 1.51. The van der Waals surface area contributed by atoms with Gasteiger partial charge in [-0.05, 0) is 25.0 Å². The number of hydrogen-bond donors (Lipinski definition) is 2. The van der Waals surface area contributed by atoms with Crippen LogP contribution in [0.4, 0.5) is 5.82 Å². The number of nitrogens with zero attached hydrogens (tertiary/aromatic N) is 1. The second-order valence-electron chi connectivity index (χ2n) is 3.83. The number of rotatable bonds is 1. The predicted molar refractivity (Wildman–Crippen MR) is 64.2 cm³/mol. The van der Waals surface area contributed by atoms with Gasteiger partial charge in [0.15, 0.2) is 0 Å². The summed E-state index contributed by atoms with van der Waals surface area (Å²) in [6.45, 7) is 4.04. The summed E-state index contributed by atoms with van der Waals surface area (Å²) in [7, 11) is 0. The maximum Gasteiger partial charge on any atom is 0.346 e. The lowest BCUT2D eigenvalue weighted by molar-refractivity contribution is 1.09. The van der Waals surface area contributed by atoms with Gasteiger partial charge in [-0.3, -0.25) is 4.98 Å². The van der Waals surface area contributed by atoms with E-state index in [4.69, 9.17) is 5.73 Å². The first kappa shape index (κ1) is 10.4. The zero-order chi connectivity index (χ0) is 11.7. The molecule has 2 rings (SSSR count). The van der Waals surface area contributed by atoms with Crippen LogP contribution in [0.15, 0.2) is 29.2 Å². The zero-order valence-corrected chi connectivity index (χ0v) is 9.24. The van der Waals surface area contributed by atoms with Crippen LogP contribution in [0.1, 0.15) is 11.1 Å². The van der Waals surface area contributed by atoms with Crippen molar-refractivity contribution in [1.29, 1.82) is 0 Å². The van der Waals surface area contributed by atoms with E-state index in [1.807, 2.05) is 26.0 Å². The third kappa shape index (κ3) is 1.82. The van der Waals surface area contributed by atoms with E-state index >= 15 is 0 Å². The van der Waals surface area contributed by atoms with Crippen molar-refractivity contribution >= 4 is 5.82 Å². The zero-order valence-electron chi connectivity index (χ0n) is 9.24. The van der Waals surface area contributed by atoms with E-state index in [9.17, 15) is 4.79 Å². The number of aromatic nitrogens is 2. The van der Waals surface area contributed by atoms with E-state index in [1.54, 1.807) is 0 Å². The van der Waals surface area contributed by atoms with Crippen LogP contribution in [-0.4, -0.2) is 9.97 Å². The number of aromatic amines is 1. The Balaban J connectivity index is 2.63. The molecule has 0 spiro atoms. The van der Waals surface area contributed by atoms with Gasteiger partial charge >= 0.3 is 5.69 Å². The molecule has 4 nitrogen and oxygen atoms in total. The number of anilines is 1. The number of hydrogen-bond acceptors (Lipinski definition) is 3. The predicted octanol–water partition coefficient (Wildman–Crippen LogP) is 1.64. The molecule has 0 aliphatic heterocycles. The molecule has 16 heavy (non-hydrogen) atoms. The third-order valence-electron chi connectivity index (χ3n) is 2.51. The molecule has 0 atom stereocenters. The Hall–Kier alpha value is -2.10. The molecular weight excluding hydrogens is 202 g/mol. The fourth-order valence-corrected chi connectivity index (χ4v) is 1.74. The highest BCUT2D eigenvalue weighted by molar-refractivity contribution is 5.75. The van der Waals surface area contributed by atoms with Crippen molar-refractivity contribution in [1.82, 2.24) is 9.97 Å². The van der Waals surface area contributed by atoms with Crippen LogP contribution < -0.4 is 11.4 Å². The molecule has 1 heterocycles. The smallest absolute Gasteiger partial charge is 0.346 e. The average molecular weight is 215 g/mol. The number of aryl methyl sites for hydroxylation is 2. The molecule has 82 valence electrons. The summed E-state index contributed by atoms with van der Waals surface area (Å²) in [6, 6.07) is 6.06. The first-order valence-electron chi connectivity index (χ1n) is 5.00. The molecule has 0 aliphatic carbocycles. The molecule has 3 N–H and O–H groups in total. The minimum Gasteiger partial charge on any atom is -0.385 e. The summed E-state index contributed by atoms with van der Waals surface area (Å²) in [5, 5.41) is 0. The van der Waals surface area contributed by atoms with Gasteiger partial charge in [-0.2, -0.15) is 0 Å². The lowest BCUT2D eigenvalue weighted by atomic mass is 10.0. The van der Waals surface area contributed by atoms with Gasteiger partial charge in [0.1, 0.15) is 5.82 Å². The highest BCUT2D eigenvalue weighted by Crippen LogP contribution is 2.26. The minimum absolute atomic E-state index is 0.354. The second-order valence-corrected chi connectivity index (χ2v) is 3.83. The quantitative estimate of drug-likeness (QED) is 0.759. The van der Waals surface area contributed by atoms with Crippen LogP contribution in [0.25, 0.3) is 11.1 Å². The normalized spacial score (nSPS) is 10.4. The van der Waals surface area contributed by atoms with Crippen LogP contribution in [0.2, 0.25) is 0 Å². The summed E-state index contributed by atoms with van der Waals surface area (Å²) >= 11 is 0. The van der Waals surface area contributed by atoms with Crippen LogP contribution in [0, 0.1) is 13.8 Å². The van der Waals surface area contributed by atoms with E-state index in [0.717, 1.165) is 16.7 Å². The van der Waals surface area contributed by atoms with Gasteiger partial charge in [0, 0.05) is 11.8 Å². The van der Waals surface area contributed by atoms with Gasteiger partial charge in [-0.15, -0.1) is 0 Å². The number of nitrogens with two attached hydrogens (primary N) is 1. The fraction of sp³-hybridized carbons (Fsp3) is 0.167. The third-order valence-corrected chi connectivity index (χ3v) is 2.51. The first-order valence-corrected chi connectivity index (χ1v) is 5.00. The summed E-state index contributed by atoms with van der Waals surface area (Å²) in [4.78, 5) is 17.1. The Labute approximate surface area is 93.2 Å². The van der Waals surface area contributed by atoms with Crippen molar-refractivity contribution in [2.45, 2.75) is 13.8 Å². The molecule has 1 aromatic heterocycles. The Morgan fingerprint density at radius 3 is 2.62 bits per heavy atom. The Kier molecular flexibility index (Phi) is 2.48. The van der Waals surface area contributed by atoms with E-state index < -0.39 is 5.69 Å². The molecule has 0 saturated heterocycles. The van der Waals surface area contributed by atoms with Crippen LogP contribution in [0.3, 0.4) is 0 Å². The molecule has 1 aromatic carbocycles. The van der Waals surface area contributed by atoms with Crippen molar-refractivity contribution in [3.05, 3.63) is 46.0 Å². The highest BCUT2D eigenvalue weighted by atomic mass is 16.1. The fourth-order valence-electron chi connectivity index (χ4n) is 1.74. The van der Waals surface area contributed by atoms with Crippen molar-refractivity contribution in [3.8, 4) is 11.1 Å².